The van der Waals surface area contributed by atoms with Crippen LogP contribution in [0.3, 0.4) is 0 Å². The number of para-hydroxylation sites is 1. The molecule has 0 bridgehead atoms. The van der Waals surface area contributed by atoms with Crippen LogP contribution in [0.4, 0.5) is 14.5 Å². The van der Waals surface area contributed by atoms with E-state index in [4.69, 9.17) is 0 Å². The first-order valence-electron chi connectivity index (χ1n) is 11.0. The van der Waals surface area contributed by atoms with Crippen LogP contribution >= 0.6 is 0 Å². The fourth-order valence-electron chi connectivity index (χ4n) is 4.33. The largest absolute Gasteiger partial charge is 0.369 e. The summed E-state index contributed by atoms with van der Waals surface area (Å²) in [6.07, 6.45) is 0. The highest BCUT2D eigenvalue weighted by molar-refractivity contribution is 5.46. The number of hydrogen-bond acceptors (Lipinski definition) is 5. The Morgan fingerprint density at radius 1 is 0.758 bits per heavy atom. The molecule has 1 atom stereocenters. The molecule has 0 spiro atoms. The van der Waals surface area contributed by atoms with E-state index >= 15 is 0 Å². The Balaban J connectivity index is 1.42. The molecule has 168 valence electrons. The normalized spacial score (nSPS) is 15.5. The fraction of sp³-hybridized carbons (Fsp3) is 0.240. The second kappa shape index (κ2) is 9.46. The van der Waals surface area contributed by atoms with Gasteiger partial charge in [0.25, 0.3) is 0 Å². The zero-order valence-electron chi connectivity index (χ0n) is 18.1. The van der Waals surface area contributed by atoms with Gasteiger partial charge in [0.05, 0.1) is 12.6 Å². The van der Waals surface area contributed by atoms with Gasteiger partial charge in [0, 0.05) is 31.9 Å². The van der Waals surface area contributed by atoms with E-state index in [1.807, 2.05) is 18.2 Å². The van der Waals surface area contributed by atoms with Crippen molar-refractivity contribution in [3.05, 3.63) is 107 Å². The van der Waals surface area contributed by atoms with Crippen molar-refractivity contribution in [3.8, 4) is 0 Å². The molecule has 0 aliphatic carbocycles. The lowest BCUT2D eigenvalue weighted by Crippen LogP contribution is -2.48. The molecule has 2 heterocycles. The van der Waals surface area contributed by atoms with Crippen LogP contribution in [0.1, 0.15) is 23.0 Å². The van der Waals surface area contributed by atoms with Crippen LogP contribution in [-0.4, -0.2) is 51.3 Å². The Labute approximate surface area is 191 Å². The van der Waals surface area contributed by atoms with Crippen molar-refractivity contribution in [1.29, 1.82) is 0 Å². The summed E-state index contributed by atoms with van der Waals surface area (Å²) in [5.74, 6) is 0.118. The number of rotatable bonds is 6. The zero-order valence-corrected chi connectivity index (χ0v) is 18.1. The summed E-state index contributed by atoms with van der Waals surface area (Å²) in [4.78, 5) is 4.69. The zero-order chi connectivity index (χ0) is 22.6. The van der Waals surface area contributed by atoms with E-state index in [0.717, 1.165) is 37.3 Å². The molecule has 8 heteroatoms. The standard InChI is InChI=1S/C25H24F2N6/c26-21-10-6-19(7-11-21)18-33-25(28-29-30-33)24(20-8-12-22(27)13-9-20)32-16-14-31(15-17-32)23-4-2-1-3-5-23/h1-13,24H,14-18H2/t24-/m0/s1. The Kier molecular flexibility index (Phi) is 6.08. The molecule has 0 amide bonds. The number of halogens is 2. The molecule has 1 aliphatic rings. The highest BCUT2D eigenvalue weighted by atomic mass is 19.1. The summed E-state index contributed by atoms with van der Waals surface area (Å²) in [6, 6.07) is 23.0. The molecule has 0 saturated carbocycles. The number of tetrazole rings is 1. The van der Waals surface area contributed by atoms with Gasteiger partial charge >= 0.3 is 0 Å². The van der Waals surface area contributed by atoms with Gasteiger partial charge in [-0.1, -0.05) is 42.5 Å². The molecule has 4 aromatic rings. The summed E-state index contributed by atoms with van der Waals surface area (Å²) in [5.41, 5.74) is 3.04. The average Bonchev–Trinajstić information content (AvgIpc) is 3.30. The van der Waals surface area contributed by atoms with Gasteiger partial charge in [-0.2, -0.15) is 0 Å². The van der Waals surface area contributed by atoms with Gasteiger partial charge in [-0.15, -0.1) is 5.10 Å². The molecule has 33 heavy (non-hydrogen) atoms. The molecule has 1 aromatic heterocycles. The van der Waals surface area contributed by atoms with Crippen LogP contribution in [-0.2, 0) is 6.54 Å². The minimum atomic E-state index is -0.281. The second-order valence-electron chi connectivity index (χ2n) is 8.13. The van der Waals surface area contributed by atoms with E-state index in [-0.39, 0.29) is 17.7 Å². The topological polar surface area (TPSA) is 50.1 Å². The number of benzene rings is 3. The molecule has 1 aliphatic heterocycles. The van der Waals surface area contributed by atoms with Crippen molar-refractivity contribution in [2.45, 2.75) is 12.6 Å². The average molecular weight is 447 g/mol. The molecular weight excluding hydrogens is 422 g/mol. The maximum absolute atomic E-state index is 13.7. The van der Waals surface area contributed by atoms with Gasteiger partial charge in [0.1, 0.15) is 11.6 Å². The number of aromatic nitrogens is 4. The van der Waals surface area contributed by atoms with E-state index in [9.17, 15) is 8.78 Å². The first kappa shape index (κ1) is 21.2. The summed E-state index contributed by atoms with van der Waals surface area (Å²) in [5, 5.41) is 12.5. The van der Waals surface area contributed by atoms with E-state index in [2.05, 4.69) is 37.5 Å². The number of piperazine rings is 1. The quantitative estimate of drug-likeness (QED) is 0.450. The first-order valence-corrected chi connectivity index (χ1v) is 11.0. The predicted octanol–water partition coefficient (Wildman–Crippen LogP) is 3.91. The van der Waals surface area contributed by atoms with Gasteiger partial charge in [0.15, 0.2) is 5.82 Å². The minimum Gasteiger partial charge on any atom is -0.369 e. The lowest BCUT2D eigenvalue weighted by atomic mass is 10.0. The van der Waals surface area contributed by atoms with Crippen LogP contribution in [0.25, 0.3) is 0 Å². The molecule has 0 unspecified atom stereocenters. The molecule has 6 nitrogen and oxygen atoms in total. The van der Waals surface area contributed by atoms with Crippen molar-refractivity contribution in [1.82, 2.24) is 25.1 Å². The van der Waals surface area contributed by atoms with Crippen molar-refractivity contribution in [2.75, 3.05) is 31.1 Å². The maximum atomic E-state index is 13.7. The highest BCUT2D eigenvalue weighted by Gasteiger charge is 2.30. The van der Waals surface area contributed by atoms with Crippen LogP contribution in [0.2, 0.25) is 0 Å². The number of hydrogen-bond donors (Lipinski definition) is 0. The minimum absolute atomic E-state index is 0.223. The molecular formula is C25H24F2N6. The Bertz CT molecular complexity index is 1170. The smallest absolute Gasteiger partial charge is 0.173 e. The number of anilines is 1. The van der Waals surface area contributed by atoms with Gasteiger partial charge in [-0.25, -0.2) is 13.5 Å². The fourth-order valence-corrected chi connectivity index (χ4v) is 4.33. The second-order valence-corrected chi connectivity index (χ2v) is 8.13. The van der Waals surface area contributed by atoms with Crippen LogP contribution < -0.4 is 4.90 Å². The van der Waals surface area contributed by atoms with Crippen LogP contribution in [0.15, 0.2) is 78.9 Å². The molecule has 3 aromatic carbocycles. The summed E-state index contributed by atoms with van der Waals surface area (Å²) >= 11 is 0. The van der Waals surface area contributed by atoms with Gasteiger partial charge < -0.3 is 4.90 Å². The highest BCUT2D eigenvalue weighted by Crippen LogP contribution is 2.29. The van der Waals surface area contributed by atoms with E-state index < -0.39 is 0 Å². The lowest BCUT2D eigenvalue weighted by Gasteiger charge is -2.39. The first-order chi connectivity index (χ1) is 16.2. The Hall–Kier alpha value is -3.65. The maximum Gasteiger partial charge on any atom is 0.173 e. The van der Waals surface area contributed by atoms with Gasteiger partial charge in [0.2, 0.25) is 0 Å². The summed E-state index contributed by atoms with van der Waals surface area (Å²) in [7, 11) is 0. The molecule has 1 saturated heterocycles. The SMILES string of the molecule is Fc1ccc(Cn2nnnc2[C@H](c2ccc(F)cc2)N2CCN(c3ccccc3)CC2)cc1. The van der Waals surface area contributed by atoms with Gasteiger partial charge in [-0.3, -0.25) is 4.90 Å². The Morgan fingerprint density at radius 2 is 1.39 bits per heavy atom. The van der Waals surface area contributed by atoms with Crippen molar-refractivity contribution in [2.24, 2.45) is 0 Å². The van der Waals surface area contributed by atoms with Crippen LogP contribution in [0, 0.1) is 11.6 Å². The molecule has 5 rings (SSSR count). The van der Waals surface area contributed by atoms with E-state index in [1.165, 1.54) is 30.0 Å². The lowest BCUT2D eigenvalue weighted by molar-refractivity contribution is 0.201. The third-order valence-corrected chi connectivity index (χ3v) is 6.04. The Morgan fingerprint density at radius 3 is 2.06 bits per heavy atom. The monoisotopic (exact) mass is 446 g/mol. The van der Waals surface area contributed by atoms with Gasteiger partial charge in [-0.05, 0) is 58.0 Å². The third kappa shape index (κ3) is 4.75. The molecule has 1 fully saturated rings. The molecule has 0 N–H and O–H groups in total. The number of nitrogens with zero attached hydrogens (tertiary/aromatic N) is 6. The van der Waals surface area contributed by atoms with Crippen molar-refractivity contribution >= 4 is 5.69 Å². The summed E-state index contributed by atoms with van der Waals surface area (Å²) < 4.78 is 28.8. The van der Waals surface area contributed by atoms with E-state index in [1.54, 1.807) is 28.9 Å². The third-order valence-electron chi connectivity index (χ3n) is 6.04. The van der Waals surface area contributed by atoms with Crippen LogP contribution in [0.5, 0.6) is 0 Å². The predicted molar refractivity (Wildman–Crippen MR) is 122 cm³/mol. The molecule has 0 radical (unpaired) electrons. The van der Waals surface area contributed by atoms with E-state index in [0.29, 0.717) is 12.4 Å². The van der Waals surface area contributed by atoms with Crippen molar-refractivity contribution in [3.63, 3.8) is 0 Å². The summed E-state index contributed by atoms with van der Waals surface area (Å²) in [6.45, 7) is 3.76. The van der Waals surface area contributed by atoms with Crippen molar-refractivity contribution < 1.29 is 8.78 Å².